The second-order valence-corrected chi connectivity index (χ2v) is 5.37. The summed E-state index contributed by atoms with van der Waals surface area (Å²) in [5.74, 6) is 0.813. The molecule has 0 aliphatic heterocycles. The van der Waals surface area contributed by atoms with E-state index in [4.69, 9.17) is 9.47 Å². The molecule has 0 bridgehead atoms. The van der Waals surface area contributed by atoms with Crippen LogP contribution < -0.4 is 9.47 Å². The molecule has 0 amide bonds. The molecule has 3 nitrogen and oxygen atoms in total. The Kier molecular flexibility index (Phi) is 5.78. The van der Waals surface area contributed by atoms with Gasteiger partial charge in [-0.1, -0.05) is 23.8 Å². The quantitative estimate of drug-likeness (QED) is 0.779. The summed E-state index contributed by atoms with van der Waals surface area (Å²) in [6.07, 6.45) is 0. The zero-order valence-electron chi connectivity index (χ0n) is 13.3. The molecule has 2 rings (SSSR count). The minimum absolute atomic E-state index is 0.272. The lowest BCUT2D eigenvalue weighted by Crippen LogP contribution is -2.23. The van der Waals surface area contributed by atoms with Gasteiger partial charge in [-0.2, -0.15) is 0 Å². The Balaban J connectivity index is 1.79. The van der Waals surface area contributed by atoms with E-state index in [1.165, 1.54) is 18.7 Å². The van der Waals surface area contributed by atoms with E-state index in [0.29, 0.717) is 13.2 Å². The molecule has 0 saturated carbocycles. The van der Waals surface area contributed by atoms with Crippen molar-refractivity contribution >= 4 is 0 Å². The monoisotopic (exact) mass is 303 g/mol. The van der Waals surface area contributed by atoms with Gasteiger partial charge in [0.1, 0.15) is 12.4 Å². The predicted molar refractivity (Wildman–Crippen MR) is 86.0 cm³/mol. The molecular formula is C18H22FNO2. The molecule has 0 radical (unpaired) electrons. The smallest absolute Gasteiger partial charge is 0.165 e. The molecule has 0 atom stereocenters. The van der Waals surface area contributed by atoms with Gasteiger partial charge in [0.2, 0.25) is 0 Å². The molecule has 4 heteroatoms. The summed E-state index contributed by atoms with van der Waals surface area (Å²) < 4.78 is 24.3. The van der Waals surface area contributed by atoms with Crippen LogP contribution in [0.15, 0.2) is 42.5 Å². The lowest BCUT2D eigenvalue weighted by molar-refractivity contribution is 0.232. The number of benzene rings is 2. The van der Waals surface area contributed by atoms with E-state index in [0.717, 1.165) is 17.9 Å². The van der Waals surface area contributed by atoms with E-state index in [-0.39, 0.29) is 11.6 Å². The number of methoxy groups -OCH3 is 1. The average molecular weight is 303 g/mol. The van der Waals surface area contributed by atoms with Crippen molar-refractivity contribution in [2.24, 2.45) is 0 Å². The second kappa shape index (κ2) is 7.80. The molecule has 0 saturated heterocycles. The van der Waals surface area contributed by atoms with Gasteiger partial charge in [-0.3, -0.25) is 4.90 Å². The van der Waals surface area contributed by atoms with Crippen LogP contribution in [0, 0.1) is 12.7 Å². The predicted octanol–water partition coefficient (Wildman–Crippen LogP) is 3.65. The van der Waals surface area contributed by atoms with Crippen LogP contribution in [0.3, 0.4) is 0 Å². The summed E-state index contributed by atoms with van der Waals surface area (Å²) in [7, 11) is 3.45. The minimum atomic E-state index is -0.329. The summed E-state index contributed by atoms with van der Waals surface area (Å²) in [5, 5.41) is 0. The van der Waals surface area contributed by atoms with Crippen LogP contribution >= 0.6 is 0 Å². The van der Waals surface area contributed by atoms with Crippen molar-refractivity contribution < 1.29 is 13.9 Å². The SMILES string of the molecule is COc1ccc(CN(C)CCOc2ccc(C)cc2)cc1F. The number of ether oxygens (including phenoxy) is 2. The number of rotatable bonds is 7. The van der Waals surface area contributed by atoms with Gasteiger partial charge in [0.25, 0.3) is 0 Å². The van der Waals surface area contributed by atoms with Crippen LogP contribution in [0.1, 0.15) is 11.1 Å². The molecule has 0 aromatic heterocycles. The number of aryl methyl sites for hydroxylation is 1. The Bertz CT molecular complexity index is 599. The zero-order chi connectivity index (χ0) is 15.9. The molecule has 0 N–H and O–H groups in total. The van der Waals surface area contributed by atoms with Crippen LogP contribution in [0.2, 0.25) is 0 Å². The standard InChI is InChI=1S/C18H22FNO2/c1-14-4-7-16(8-5-14)22-11-10-20(2)13-15-6-9-18(21-3)17(19)12-15/h4-9,12H,10-11,13H2,1-3H3. The largest absolute Gasteiger partial charge is 0.494 e. The fourth-order valence-corrected chi connectivity index (χ4v) is 2.15. The first kappa shape index (κ1) is 16.3. The highest BCUT2D eigenvalue weighted by Gasteiger charge is 2.06. The van der Waals surface area contributed by atoms with Crippen molar-refractivity contribution in [2.75, 3.05) is 27.3 Å². The van der Waals surface area contributed by atoms with Crippen LogP contribution in [0.4, 0.5) is 4.39 Å². The second-order valence-electron chi connectivity index (χ2n) is 5.37. The third-order valence-corrected chi connectivity index (χ3v) is 3.43. The Morgan fingerprint density at radius 1 is 1.09 bits per heavy atom. The summed E-state index contributed by atoms with van der Waals surface area (Å²) >= 11 is 0. The highest BCUT2D eigenvalue weighted by Crippen LogP contribution is 2.18. The molecule has 2 aromatic carbocycles. The molecule has 0 spiro atoms. The Labute approximate surface area is 131 Å². The van der Waals surface area contributed by atoms with Crippen LogP contribution in [-0.2, 0) is 6.54 Å². The number of halogens is 1. The third-order valence-electron chi connectivity index (χ3n) is 3.43. The first-order valence-electron chi connectivity index (χ1n) is 7.29. The number of hydrogen-bond acceptors (Lipinski definition) is 3. The van der Waals surface area contributed by atoms with E-state index in [2.05, 4.69) is 4.90 Å². The van der Waals surface area contributed by atoms with Gasteiger partial charge in [0.05, 0.1) is 7.11 Å². The van der Waals surface area contributed by atoms with E-state index >= 15 is 0 Å². The van der Waals surface area contributed by atoms with Crippen molar-refractivity contribution in [3.63, 3.8) is 0 Å². The van der Waals surface area contributed by atoms with Crippen molar-refractivity contribution in [3.05, 3.63) is 59.4 Å². The van der Waals surface area contributed by atoms with Crippen LogP contribution in [0.25, 0.3) is 0 Å². The van der Waals surface area contributed by atoms with Crippen LogP contribution in [-0.4, -0.2) is 32.2 Å². The highest BCUT2D eigenvalue weighted by molar-refractivity contribution is 5.29. The minimum Gasteiger partial charge on any atom is -0.494 e. The lowest BCUT2D eigenvalue weighted by Gasteiger charge is -2.17. The molecule has 118 valence electrons. The molecule has 2 aromatic rings. The van der Waals surface area contributed by atoms with Gasteiger partial charge in [0.15, 0.2) is 11.6 Å². The first-order valence-corrected chi connectivity index (χ1v) is 7.29. The van der Waals surface area contributed by atoms with E-state index in [1.807, 2.05) is 44.3 Å². The van der Waals surface area contributed by atoms with Gasteiger partial charge < -0.3 is 9.47 Å². The first-order chi connectivity index (χ1) is 10.6. The summed E-state index contributed by atoms with van der Waals surface area (Å²) in [6, 6.07) is 13.0. The summed E-state index contributed by atoms with van der Waals surface area (Å²) in [6.45, 7) is 4.07. The van der Waals surface area contributed by atoms with Crippen molar-refractivity contribution in [2.45, 2.75) is 13.5 Å². The van der Waals surface area contributed by atoms with Crippen molar-refractivity contribution in [1.82, 2.24) is 4.90 Å². The summed E-state index contributed by atoms with van der Waals surface area (Å²) in [4.78, 5) is 2.09. The lowest BCUT2D eigenvalue weighted by atomic mass is 10.2. The third kappa shape index (κ3) is 4.74. The molecule has 0 unspecified atom stereocenters. The van der Waals surface area contributed by atoms with Gasteiger partial charge in [-0.15, -0.1) is 0 Å². The molecule has 0 fully saturated rings. The van der Waals surface area contributed by atoms with Gasteiger partial charge >= 0.3 is 0 Å². The highest BCUT2D eigenvalue weighted by atomic mass is 19.1. The van der Waals surface area contributed by atoms with Crippen molar-refractivity contribution in [1.29, 1.82) is 0 Å². The van der Waals surface area contributed by atoms with Crippen molar-refractivity contribution in [3.8, 4) is 11.5 Å². The normalized spacial score (nSPS) is 10.8. The van der Waals surface area contributed by atoms with E-state index in [1.54, 1.807) is 6.07 Å². The van der Waals surface area contributed by atoms with Gasteiger partial charge in [-0.25, -0.2) is 4.39 Å². The number of likely N-dealkylation sites (N-methyl/N-ethyl adjacent to an activating group) is 1. The number of hydrogen-bond donors (Lipinski definition) is 0. The topological polar surface area (TPSA) is 21.7 Å². The van der Waals surface area contributed by atoms with E-state index < -0.39 is 0 Å². The Hall–Kier alpha value is -2.07. The Morgan fingerprint density at radius 3 is 2.45 bits per heavy atom. The maximum Gasteiger partial charge on any atom is 0.165 e. The maximum absolute atomic E-state index is 13.6. The maximum atomic E-state index is 13.6. The average Bonchev–Trinajstić information content (AvgIpc) is 2.49. The fraction of sp³-hybridized carbons (Fsp3) is 0.333. The fourth-order valence-electron chi connectivity index (χ4n) is 2.15. The molecule has 22 heavy (non-hydrogen) atoms. The zero-order valence-corrected chi connectivity index (χ0v) is 13.3. The van der Waals surface area contributed by atoms with Gasteiger partial charge in [-0.05, 0) is 43.8 Å². The summed E-state index contributed by atoms with van der Waals surface area (Å²) in [5.41, 5.74) is 2.13. The number of nitrogens with zero attached hydrogens (tertiary/aromatic N) is 1. The van der Waals surface area contributed by atoms with Gasteiger partial charge in [0, 0.05) is 13.1 Å². The van der Waals surface area contributed by atoms with Crippen LogP contribution in [0.5, 0.6) is 11.5 Å². The molecule has 0 heterocycles. The Morgan fingerprint density at radius 2 is 1.82 bits per heavy atom. The molecular weight excluding hydrogens is 281 g/mol. The molecule has 0 aliphatic rings. The molecule has 0 aliphatic carbocycles. The van der Waals surface area contributed by atoms with E-state index in [9.17, 15) is 4.39 Å².